The third-order valence-electron chi connectivity index (χ3n) is 2.29. The molecule has 1 N–H and O–H groups in total. The van der Waals surface area contributed by atoms with Gasteiger partial charge in [0.25, 0.3) is 0 Å². The van der Waals surface area contributed by atoms with E-state index in [9.17, 15) is 4.79 Å². The van der Waals surface area contributed by atoms with Crippen molar-refractivity contribution in [2.24, 2.45) is 0 Å². The number of nitrogens with zero attached hydrogens (tertiary/aromatic N) is 1. The predicted octanol–water partition coefficient (Wildman–Crippen LogP) is 2.39. The van der Waals surface area contributed by atoms with Crippen molar-refractivity contribution in [2.75, 3.05) is 0 Å². The molecule has 0 radical (unpaired) electrons. The molecule has 0 amide bonds. The molecule has 0 fully saturated rings. The molecule has 1 aromatic carbocycles. The van der Waals surface area contributed by atoms with Crippen LogP contribution in [0.2, 0.25) is 0 Å². The van der Waals surface area contributed by atoms with E-state index >= 15 is 0 Å². The van der Waals surface area contributed by atoms with E-state index in [0.29, 0.717) is 10.9 Å². The molecule has 1 aromatic rings. The van der Waals surface area contributed by atoms with Crippen LogP contribution in [-0.4, -0.2) is 11.1 Å². The van der Waals surface area contributed by atoms with E-state index in [2.05, 4.69) is 22.0 Å². The van der Waals surface area contributed by atoms with Gasteiger partial charge in [0.15, 0.2) is 0 Å². The summed E-state index contributed by atoms with van der Waals surface area (Å²) in [5.74, 6) is -0.860. The first-order valence-corrected chi connectivity index (χ1v) is 5.51. The van der Waals surface area contributed by atoms with Crippen LogP contribution in [0.1, 0.15) is 22.3 Å². The minimum absolute atomic E-state index is 0.00647. The second-order valence-corrected chi connectivity index (χ2v) is 3.75. The van der Waals surface area contributed by atoms with Crippen LogP contribution in [0.25, 0.3) is 0 Å². The van der Waals surface area contributed by atoms with Gasteiger partial charge in [-0.15, -0.1) is 0 Å². The van der Waals surface area contributed by atoms with E-state index < -0.39 is 5.97 Å². The fraction of sp³-hybridized carbons (Fsp3) is 0.273. The summed E-state index contributed by atoms with van der Waals surface area (Å²) in [6, 6.07) is 5.45. The van der Waals surface area contributed by atoms with Gasteiger partial charge in [0.1, 0.15) is 0 Å². The number of aliphatic carboxylic acids is 1. The van der Waals surface area contributed by atoms with Crippen LogP contribution in [0.4, 0.5) is 0 Å². The zero-order chi connectivity index (χ0) is 11.4. The Kier molecular flexibility index (Phi) is 3.87. The lowest BCUT2D eigenvalue weighted by Gasteiger charge is -2.09. The van der Waals surface area contributed by atoms with Gasteiger partial charge in [-0.1, -0.05) is 22.0 Å². The normalized spacial score (nSPS) is 9.67. The average molecular weight is 268 g/mol. The lowest BCUT2D eigenvalue weighted by atomic mass is 9.97. The molecule has 0 saturated heterocycles. The number of nitriles is 1. The Morgan fingerprint density at radius 1 is 1.60 bits per heavy atom. The lowest BCUT2D eigenvalue weighted by molar-refractivity contribution is -0.136. The van der Waals surface area contributed by atoms with Crippen molar-refractivity contribution in [3.05, 3.63) is 34.4 Å². The quantitative estimate of drug-likeness (QED) is 0.856. The molecule has 0 aliphatic heterocycles. The Morgan fingerprint density at radius 3 is 2.73 bits per heavy atom. The first kappa shape index (κ1) is 11.7. The van der Waals surface area contributed by atoms with Crippen molar-refractivity contribution in [2.45, 2.75) is 18.7 Å². The molecule has 4 heteroatoms. The molecular weight excluding hydrogens is 258 g/mol. The van der Waals surface area contributed by atoms with Crippen LogP contribution in [-0.2, 0) is 16.5 Å². The number of carboxylic acid groups (broad SMARTS) is 1. The summed E-state index contributed by atoms with van der Waals surface area (Å²) < 4.78 is 0. The van der Waals surface area contributed by atoms with Crippen molar-refractivity contribution in [3.63, 3.8) is 0 Å². The molecule has 0 saturated carbocycles. The Bertz CT molecular complexity index is 435. The molecule has 0 unspecified atom stereocenters. The second kappa shape index (κ2) is 4.94. The topological polar surface area (TPSA) is 61.1 Å². The molecule has 3 nitrogen and oxygen atoms in total. The number of alkyl halides is 1. The smallest absolute Gasteiger partial charge is 0.307 e. The van der Waals surface area contributed by atoms with Crippen molar-refractivity contribution < 1.29 is 9.90 Å². The summed E-state index contributed by atoms with van der Waals surface area (Å²) in [4.78, 5) is 10.6. The van der Waals surface area contributed by atoms with E-state index in [1.165, 1.54) is 0 Å². The summed E-state index contributed by atoms with van der Waals surface area (Å²) in [5.41, 5.74) is 3.11. The van der Waals surface area contributed by atoms with Crippen LogP contribution >= 0.6 is 15.9 Å². The Labute approximate surface area is 96.5 Å². The molecule has 0 spiro atoms. The molecule has 0 bridgehead atoms. The maximum absolute atomic E-state index is 10.6. The van der Waals surface area contributed by atoms with Gasteiger partial charge >= 0.3 is 5.97 Å². The van der Waals surface area contributed by atoms with Gasteiger partial charge in [-0.25, -0.2) is 0 Å². The summed E-state index contributed by atoms with van der Waals surface area (Å²) in [5, 5.41) is 18.1. The van der Waals surface area contributed by atoms with Crippen molar-refractivity contribution in [1.29, 1.82) is 5.26 Å². The standard InChI is InChI=1S/C11H10BrNO2/c1-7-9(6-13)3-2-8(4-11(14)15)10(7)5-12/h2-3H,4-5H2,1H3,(H,14,15). The highest BCUT2D eigenvalue weighted by molar-refractivity contribution is 9.08. The fourth-order valence-electron chi connectivity index (χ4n) is 1.45. The van der Waals surface area contributed by atoms with E-state index in [0.717, 1.165) is 16.7 Å². The number of hydrogen-bond acceptors (Lipinski definition) is 2. The third kappa shape index (κ3) is 2.57. The molecule has 15 heavy (non-hydrogen) atoms. The van der Waals surface area contributed by atoms with E-state index in [-0.39, 0.29) is 6.42 Å². The van der Waals surface area contributed by atoms with Crippen molar-refractivity contribution >= 4 is 21.9 Å². The number of carboxylic acids is 1. The lowest BCUT2D eigenvalue weighted by Crippen LogP contribution is -2.05. The first-order chi connectivity index (χ1) is 7.10. The predicted molar refractivity (Wildman–Crippen MR) is 59.9 cm³/mol. The van der Waals surface area contributed by atoms with E-state index in [4.69, 9.17) is 10.4 Å². The first-order valence-electron chi connectivity index (χ1n) is 4.39. The average Bonchev–Trinajstić information content (AvgIpc) is 2.18. The van der Waals surface area contributed by atoms with Gasteiger partial charge in [-0.2, -0.15) is 5.26 Å². The maximum Gasteiger partial charge on any atom is 0.307 e. The van der Waals surface area contributed by atoms with Crippen molar-refractivity contribution in [3.8, 4) is 6.07 Å². The van der Waals surface area contributed by atoms with Crippen LogP contribution in [0.15, 0.2) is 12.1 Å². The largest absolute Gasteiger partial charge is 0.481 e. The van der Waals surface area contributed by atoms with Gasteiger partial charge < -0.3 is 5.11 Å². The molecule has 0 aliphatic carbocycles. The van der Waals surface area contributed by atoms with Gasteiger partial charge in [0.05, 0.1) is 18.1 Å². The second-order valence-electron chi connectivity index (χ2n) is 3.19. The van der Waals surface area contributed by atoms with Gasteiger partial charge in [-0.05, 0) is 29.7 Å². The van der Waals surface area contributed by atoms with Crippen molar-refractivity contribution in [1.82, 2.24) is 0 Å². The Balaban J connectivity index is 3.25. The SMILES string of the molecule is Cc1c(C#N)ccc(CC(=O)O)c1CBr. The summed E-state index contributed by atoms with van der Waals surface area (Å²) in [7, 11) is 0. The number of rotatable bonds is 3. The zero-order valence-corrected chi connectivity index (χ0v) is 9.84. The Morgan fingerprint density at radius 2 is 2.27 bits per heavy atom. The minimum atomic E-state index is -0.860. The summed E-state index contributed by atoms with van der Waals surface area (Å²) in [6.07, 6.45) is -0.00647. The molecule has 0 aliphatic rings. The number of benzene rings is 1. The van der Waals surface area contributed by atoms with Crippen LogP contribution in [0.3, 0.4) is 0 Å². The maximum atomic E-state index is 10.6. The zero-order valence-electron chi connectivity index (χ0n) is 8.25. The number of halogens is 1. The molecular formula is C11H10BrNO2. The monoisotopic (exact) mass is 267 g/mol. The highest BCUT2D eigenvalue weighted by Gasteiger charge is 2.11. The molecule has 0 aromatic heterocycles. The molecule has 0 atom stereocenters. The summed E-state index contributed by atoms with van der Waals surface area (Å²) >= 11 is 3.31. The Hall–Kier alpha value is -1.34. The van der Waals surface area contributed by atoms with Crippen LogP contribution < -0.4 is 0 Å². The molecule has 78 valence electrons. The van der Waals surface area contributed by atoms with Gasteiger partial charge in [-0.3, -0.25) is 4.79 Å². The molecule has 0 heterocycles. The minimum Gasteiger partial charge on any atom is -0.481 e. The van der Waals surface area contributed by atoms with E-state index in [1.807, 2.05) is 6.92 Å². The van der Waals surface area contributed by atoms with Gasteiger partial charge in [0.2, 0.25) is 0 Å². The number of carbonyl (C=O) groups is 1. The number of hydrogen-bond donors (Lipinski definition) is 1. The van der Waals surface area contributed by atoms with Gasteiger partial charge in [0, 0.05) is 5.33 Å². The highest BCUT2D eigenvalue weighted by atomic mass is 79.9. The third-order valence-corrected chi connectivity index (χ3v) is 2.85. The van der Waals surface area contributed by atoms with Crippen LogP contribution in [0, 0.1) is 18.3 Å². The highest BCUT2D eigenvalue weighted by Crippen LogP contribution is 2.21. The summed E-state index contributed by atoms with van der Waals surface area (Å²) in [6.45, 7) is 1.83. The fourth-order valence-corrected chi connectivity index (χ4v) is 2.23. The van der Waals surface area contributed by atoms with Crippen LogP contribution in [0.5, 0.6) is 0 Å². The van der Waals surface area contributed by atoms with E-state index in [1.54, 1.807) is 12.1 Å². The molecule has 1 rings (SSSR count).